The molecule has 3 heterocycles. The van der Waals surface area contributed by atoms with Gasteiger partial charge in [-0.3, -0.25) is 14.6 Å². The van der Waals surface area contributed by atoms with E-state index in [1.807, 2.05) is 6.92 Å². The molecule has 124 valence electrons. The minimum absolute atomic E-state index is 0.0366. The van der Waals surface area contributed by atoms with Crippen molar-refractivity contribution in [3.8, 4) is 11.5 Å². The van der Waals surface area contributed by atoms with Crippen LogP contribution in [0.25, 0.3) is 11.5 Å². The number of aromatic amines is 1. The summed E-state index contributed by atoms with van der Waals surface area (Å²) in [6.45, 7) is 2.41. The Labute approximate surface area is 136 Å². The number of aryl methyl sites for hydroxylation is 1. The van der Waals surface area contributed by atoms with Crippen LogP contribution < -0.4 is 5.32 Å². The number of furan rings is 1. The minimum atomic E-state index is -0.629. The second kappa shape index (κ2) is 6.41. The molecule has 0 aromatic carbocycles. The third kappa shape index (κ3) is 2.91. The minimum Gasteiger partial charge on any atom is -0.464 e. The highest BCUT2D eigenvalue weighted by Gasteiger charge is 2.21. The van der Waals surface area contributed by atoms with Gasteiger partial charge in [-0.25, -0.2) is 4.79 Å². The van der Waals surface area contributed by atoms with Crippen molar-refractivity contribution < 1.29 is 18.7 Å². The number of H-pyrrole nitrogens is 1. The molecular weight excluding hydrogens is 314 g/mol. The molecule has 9 nitrogen and oxygen atoms in total. The fraction of sp³-hybridized carbons (Fsp3) is 0.200. The molecule has 0 fully saturated rings. The van der Waals surface area contributed by atoms with Gasteiger partial charge < -0.3 is 14.5 Å². The molecule has 0 atom stereocenters. The highest BCUT2D eigenvalue weighted by atomic mass is 16.5. The SMILES string of the molecule is CCn1cc(NC(=O)c2cc(-c3ccco3)[nH]n2)c(C(=O)OC)n1. The number of anilines is 1. The summed E-state index contributed by atoms with van der Waals surface area (Å²) in [5, 5.41) is 13.4. The van der Waals surface area contributed by atoms with E-state index in [4.69, 9.17) is 4.42 Å². The van der Waals surface area contributed by atoms with Crippen LogP contribution in [-0.4, -0.2) is 39.0 Å². The Morgan fingerprint density at radius 3 is 2.96 bits per heavy atom. The quantitative estimate of drug-likeness (QED) is 0.691. The van der Waals surface area contributed by atoms with Gasteiger partial charge in [-0.1, -0.05) is 0 Å². The molecule has 0 unspecified atom stereocenters. The van der Waals surface area contributed by atoms with E-state index in [0.717, 1.165) is 0 Å². The highest BCUT2D eigenvalue weighted by Crippen LogP contribution is 2.20. The second-order valence-corrected chi connectivity index (χ2v) is 4.84. The summed E-state index contributed by atoms with van der Waals surface area (Å²) in [4.78, 5) is 24.1. The van der Waals surface area contributed by atoms with Gasteiger partial charge in [0.2, 0.25) is 0 Å². The van der Waals surface area contributed by atoms with Crippen molar-refractivity contribution >= 4 is 17.6 Å². The number of hydrogen-bond donors (Lipinski definition) is 2. The number of aromatic nitrogens is 4. The number of amides is 1. The molecular formula is C15H15N5O4. The van der Waals surface area contributed by atoms with Gasteiger partial charge in [-0.2, -0.15) is 10.2 Å². The van der Waals surface area contributed by atoms with E-state index >= 15 is 0 Å². The van der Waals surface area contributed by atoms with E-state index in [9.17, 15) is 9.59 Å². The number of rotatable bonds is 5. The van der Waals surface area contributed by atoms with Gasteiger partial charge in [0.25, 0.3) is 5.91 Å². The van der Waals surface area contributed by atoms with Crippen molar-refractivity contribution in [2.75, 3.05) is 12.4 Å². The van der Waals surface area contributed by atoms with Crippen LogP contribution in [0.5, 0.6) is 0 Å². The smallest absolute Gasteiger partial charge is 0.360 e. The van der Waals surface area contributed by atoms with Gasteiger partial charge in [-0.15, -0.1) is 0 Å². The fourth-order valence-electron chi connectivity index (χ4n) is 2.10. The zero-order valence-electron chi connectivity index (χ0n) is 13.1. The van der Waals surface area contributed by atoms with Crippen LogP contribution in [0.3, 0.4) is 0 Å². The molecule has 0 aliphatic heterocycles. The van der Waals surface area contributed by atoms with E-state index in [1.165, 1.54) is 18.1 Å². The van der Waals surface area contributed by atoms with Crippen molar-refractivity contribution in [3.05, 3.63) is 42.0 Å². The largest absolute Gasteiger partial charge is 0.464 e. The molecule has 0 aliphatic rings. The lowest BCUT2D eigenvalue weighted by Crippen LogP contribution is -2.15. The third-order valence-corrected chi connectivity index (χ3v) is 3.31. The number of carbonyl (C=O) groups is 2. The van der Waals surface area contributed by atoms with Gasteiger partial charge in [0.05, 0.1) is 19.1 Å². The van der Waals surface area contributed by atoms with Gasteiger partial charge in [0.1, 0.15) is 5.69 Å². The van der Waals surface area contributed by atoms with Crippen LogP contribution in [0, 0.1) is 0 Å². The van der Waals surface area contributed by atoms with Crippen molar-refractivity contribution in [3.63, 3.8) is 0 Å². The first kappa shape index (κ1) is 15.5. The number of methoxy groups -OCH3 is 1. The number of hydrogen-bond acceptors (Lipinski definition) is 6. The van der Waals surface area contributed by atoms with E-state index in [0.29, 0.717) is 18.0 Å². The van der Waals surface area contributed by atoms with Crippen molar-refractivity contribution in [1.29, 1.82) is 0 Å². The van der Waals surface area contributed by atoms with Crippen molar-refractivity contribution in [2.45, 2.75) is 13.5 Å². The molecule has 3 aromatic rings. The number of nitrogens with zero attached hydrogens (tertiary/aromatic N) is 3. The molecule has 3 rings (SSSR count). The zero-order valence-corrected chi connectivity index (χ0v) is 13.1. The molecule has 24 heavy (non-hydrogen) atoms. The maximum atomic E-state index is 12.3. The highest BCUT2D eigenvalue weighted by molar-refractivity contribution is 6.06. The fourth-order valence-corrected chi connectivity index (χ4v) is 2.10. The number of nitrogens with one attached hydrogen (secondary N) is 2. The topological polar surface area (TPSA) is 115 Å². The Morgan fingerprint density at radius 1 is 1.46 bits per heavy atom. The molecule has 0 bridgehead atoms. The van der Waals surface area contributed by atoms with Crippen molar-refractivity contribution in [2.24, 2.45) is 0 Å². The first-order valence-corrected chi connectivity index (χ1v) is 7.18. The third-order valence-electron chi connectivity index (χ3n) is 3.31. The van der Waals surface area contributed by atoms with Crippen LogP contribution >= 0.6 is 0 Å². The van der Waals surface area contributed by atoms with Crippen LogP contribution in [0.2, 0.25) is 0 Å². The summed E-state index contributed by atoms with van der Waals surface area (Å²) < 4.78 is 11.4. The molecule has 0 aliphatic carbocycles. The lowest BCUT2D eigenvalue weighted by atomic mass is 10.3. The predicted octanol–water partition coefficient (Wildman–Crippen LogP) is 1.92. The first-order valence-electron chi connectivity index (χ1n) is 7.18. The Hall–Kier alpha value is -3.36. The second-order valence-electron chi connectivity index (χ2n) is 4.84. The van der Waals surface area contributed by atoms with E-state index in [-0.39, 0.29) is 17.1 Å². The summed E-state index contributed by atoms with van der Waals surface area (Å²) >= 11 is 0. The Bertz CT molecular complexity index is 862. The lowest BCUT2D eigenvalue weighted by Gasteiger charge is -2.01. The van der Waals surface area contributed by atoms with Gasteiger partial charge in [0.15, 0.2) is 17.1 Å². The number of carbonyl (C=O) groups excluding carboxylic acids is 2. The number of ether oxygens (including phenoxy) is 1. The van der Waals surface area contributed by atoms with Gasteiger partial charge in [0, 0.05) is 18.8 Å². The Morgan fingerprint density at radius 2 is 2.29 bits per heavy atom. The summed E-state index contributed by atoms with van der Waals surface area (Å²) in [5.41, 5.74) is 1.02. The zero-order chi connectivity index (χ0) is 17.1. The monoisotopic (exact) mass is 329 g/mol. The summed E-state index contributed by atoms with van der Waals surface area (Å²) in [5.74, 6) is -0.545. The van der Waals surface area contributed by atoms with Crippen molar-refractivity contribution in [1.82, 2.24) is 20.0 Å². The van der Waals surface area contributed by atoms with E-state index in [1.54, 1.807) is 24.4 Å². The summed E-state index contributed by atoms with van der Waals surface area (Å²) in [7, 11) is 1.25. The molecule has 0 radical (unpaired) electrons. The Kier molecular flexibility index (Phi) is 4.15. The molecule has 9 heteroatoms. The van der Waals surface area contributed by atoms with Crippen LogP contribution in [0.15, 0.2) is 35.1 Å². The molecule has 0 saturated carbocycles. The Balaban J connectivity index is 1.82. The summed E-state index contributed by atoms with van der Waals surface area (Å²) in [6, 6.07) is 5.03. The normalized spacial score (nSPS) is 10.6. The predicted molar refractivity (Wildman–Crippen MR) is 83.5 cm³/mol. The average Bonchev–Trinajstić information content (AvgIpc) is 3.32. The summed E-state index contributed by atoms with van der Waals surface area (Å²) in [6.07, 6.45) is 3.09. The lowest BCUT2D eigenvalue weighted by molar-refractivity contribution is 0.0594. The number of esters is 1. The average molecular weight is 329 g/mol. The van der Waals surface area contributed by atoms with Crippen LogP contribution in [-0.2, 0) is 11.3 Å². The maximum absolute atomic E-state index is 12.3. The van der Waals surface area contributed by atoms with Gasteiger partial charge in [-0.05, 0) is 19.1 Å². The maximum Gasteiger partial charge on any atom is 0.360 e. The van der Waals surface area contributed by atoms with E-state index in [2.05, 4.69) is 25.3 Å². The standard InChI is InChI=1S/C15H15N5O4/c1-3-20-8-11(13(19-20)15(22)23-2)16-14(21)10-7-9(17-18-10)12-5-4-6-24-12/h4-8H,3H2,1-2H3,(H,16,21)(H,17,18). The van der Waals surface area contributed by atoms with E-state index < -0.39 is 11.9 Å². The molecule has 0 saturated heterocycles. The first-order chi connectivity index (χ1) is 11.6. The molecule has 1 amide bonds. The van der Waals surface area contributed by atoms with Crippen LogP contribution in [0.4, 0.5) is 5.69 Å². The van der Waals surface area contributed by atoms with Crippen LogP contribution in [0.1, 0.15) is 27.9 Å². The molecule has 0 spiro atoms. The molecule has 3 aromatic heterocycles. The van der Waals surface area contributed by atoms with Gasteiger partial charge >= 0.3 is 5.97 Å². The molecule has 2 N–H and O–H groups in total.